The van der Waals surface area contributed by atoms with Gasteiger partial charge in [0.25, 0.3) is 0 Å². The molecule has 0 unspecified atom stereocenters. The van der Waals surface area contributed by atoms with Crippen LogP contribution in [0.1, 0.15) is 36.1 Å². The van der Waals surface area contributed by atoms with Gasteiger partial charge in [0, 0.05) is 6.20 Å². The average molecular weight is 354 g/mol. The number of rotatable bonds is 4. The number of benzene rings is 3. The van der Waals surface area contributed by atoms with E-state index in [-0.39, 0.29) is 0 Å². The zero-order valence-electron chi connectivity index (χ0n) is 16.2. The molecule has 0 saturated carbocycles. The second kappa shape index (κ2) is 8.50. The minimum atomic E-state index is -0.502. The molecule has 0 fully saturated rings. The fourth-order valence-corrected chi connectivity index (χ4v) is 3.53. The van der Waals surface area contributed by atoms with Crippen molar-refractivity contribution in [2.24, 2.45) is 0 Å². The molecule has 0 aliphatic carbocycles. The molecule has 1 aromatic heterocycles. The lowest BCUT2D eigenvalue weighted by Gasteiger charge is -2.36. The number of hydrogen-bond acceptors (Lipinski definition) is 1. The number of hydrogen-bond donors (Lipinski definition) is 0. The Balaban J connectivity index is 0.00000102. The van der Waals surface area contributed by atoms with Crippen molar-refractivity contribution in [1.82, 2.24) is 9.78 Å². The summed E-state index contributed by atoms with van der Waals surface area (Å²) < 4.78 is 2.09. The van der Waals surface area contributed by atoms with Gasteiger partial charge in [-0.2, -0.15) is 5.10 Å². The van der Waals surface area contributed by atoms with Gasteiger partial charge in [0.1, 0.15) is 5.54 Å². The molecule has 3 aromatic carbocycles. The Hall–Kier alpha value is -3.13. The molecule has 136 valence electrons. The van der Waals surface area contributed by atoms with Gasteiger partial charge in [0.2, 0.25) is 0 Å². The van der Waals surface area contributed by atoms with Crippen molar-refractivity contribution in [3.05, 3.63) is 126 Å². The van der Waals surface area contributed by atoms with Crippen LogP contribution in [0.2, 0.25) is 0 Å². The lowest BCUT2D eigenvalue weighted by Crippen LogP contribution is -2.38. The highest BCUT2D eigenvalue weighted by Gasteiger charge is 2.38. The fraction of sp³-hybridized carbons (Fsp3) is 0.160. The van der Waals surface area contributed by atoms with Gasteiger partial charge < -0.3 is 0 Å². The Morgan fingerprint density at radius 1 is 0.630 bits per heavy atom. The molecule has 2 heteroatoms. The fourth-order valence-electron chi connectivity index (χ4n) is 3.53. The minimum absolute atomic E-state index is 0.502. The van der Waals surface area contributed by atoms with Gasteiger partial charge >= 0.3 is 0 Å². The minimum Gasteiger partial charge on any atom is -0.253 e. The third-order valence-corrected chi connectivity index (χ3v) is 4.63. The topological polar surface area (TPSA) is 17.8 Å². The summed E-state index contributed by atoms with van der Waals surface area (Å²) in [6.07, 6.45) is 4.04. The van der Waals surface area contributed by atoms with Crippen LogP contribution in [0.15, 0.2) is 103 Å². The van der Waals surface area contributed by atoms with Crippen LogP contribution in [0.4, 0.5) is 0 Å². The summed E-state index contributed by atoms with van der Waals surface area (Å²) in [5.74, 6) is 0. The standard InChI is InChI=1S/C23H20N2.C2H6/c1-19-17-24-25(18-19)23(20-11-5-2-6-12-20,21-13-7-3-8-14-21)22-15-9-4-10-16-22;1-2/h2-18H,1H3;1-2H3. The maximum Gasteiger partial charge on any atom is 0.137 e. The van der Waals surface area contributed by atoms with E-state index in [9.17, 15) is 0 Å². The molecule has 4 aromatic rings. The lowest BCUT2D eigenvalue weighted by molar-refractivity contribution is 0.460. The van der Waals surface area contributed by atoms with Gasteiger partial charge in [0.15, 0.2) is 0 Å². The van der Waals surface area contributed by atoms with E-state index in [0.717, 1.165) is 5.56 Å². The predicted octanol–water partition coefficient (Wildman–Crippen LogP) is 6.06. The van der Waals surface area contributed by atoms with E-state index in [1.165, 1.54) is 16.7 Å². The van der Waals surface area contributed by atoms with Gasteiger partial charge in [-0.1, -0.05) is 105 Å². The van der Waals surface area contributed by atoms with Crippen LogP contribution in [-0.4, -0.2) is 9.78 Å². The molecule has 0 spiro atoms. The number of aryl methyl sites for hydroxylation is 1. The number of nitrogens with zero attached hydrogens (tertiary/aromatic N) is 2. The van der Waals surface area contributed by atoms with Crippen molar-refractivity contribution in [3.8, 4) is 0 Å². The van der Waals surface area contributed by atoms with Crippen LogP contribution in [0, 0.1) is 6.92 Å². The predicted molar refractivity (Wildman–Crippen MR) is 113 cm³/mol. The second-order valence-electron chi connectivity index (χ2n) is 6.27. The summed E-state index contributed by atoms with van der Waals surface area (Å²) in [5.41, 5.74) is 4.21. The van der Waals surface area contributed by atoms with E-state index in [2.05, 4.69) is 109 Å². The summed E-state index contributed by atoms with van der Waals surface area (Å²) in [4.78, 5) is 0. The summed E-state index contributed by atoms with van der Waals surface area (Å²) in [6.45, 7) is 6.08. The highest BCUT2D eigenvalue weighted by molar-refractivity contribution is 5.50. The lowest BCUT2D eigenvalue weighted by atomic mass is 9.77. The molecular weight excluding hydrogens is 328 g/mol. The van der Waals surface area contributed by atoms with Gasteiger partial charge in [0.05, 0.1) is 6.20 Å². The highest BCUT2D eigenvalue weighted by atomic mass is 15.3. The third kappa shape index (κ3) is 3.43. The first-order valence-corrected chi connectivity index (χ1v) is 9.50. The molecular formula is C25H26N2. The second-order valence-corrected chi connectivity index (χ2v) is 6.27. The van der Waals surface area contributed by atoms with E-state index in [4.69, 9.17) is 5.10 Å². The molecule has 0 radical (unpaired) electrons. The maximum absolute atomic E-state index is 4.73. The molecule has 2 nitrogen and oxygen atoms in total. The monoisotopic (exact) mass is 354 g/mol. The van der Waals surface area contributed by atoms with Crippen molar-refractivity contribution in [2.75, 3.05) is 0 Å². The molecule has 0 saturated heterocycles. The van der Waals surface area contributed by atoms with E-state index < -0.39 is 5.54 Å². The Labute approximate surface area is 162 Å². The van der Waals surface area contributed by atoms with Gasteiger partial charge in [-0.25, -0.2) is 0 Å². The molecule has 0 N–H and O–H groups in total. The molecule has 27 heavy (non-hydrogen) atoms. The summed E-state index contributed by atoms with van der Waals surface area (Å²) in [7, 11) is 0. The van der Waals surface area contributed by atoms with E-state index >= 15 is 0 Å². The smallest absolute Gasteiger partial charge is 0.137 e. The molecule has 1 heterocycles. The molecule has 0 aliphatic heterocycles. The quantitative estimate of drug-likeness (QED) is 0.407. The zero-order chi connectivity index (χ0) is 19.1. The normalized spacial score (nSPS) is 10.8. The van der Waals surface area contributed by atoms with Crippen LogP contribution < -0.4 is 0 Å². The molecule has 0 amide bonds. The van der Waals surface area contributed by atoms with Crippen molar-refractivity contribution >= 4 is 0 Å². The van der Waals surface area contributed by atoms with E-state index in [1.807, 2.05) is 20.0 Å². The maximum atomic E-state index is 4.73. The molecule has 0 bridgehead atoms. The van der Waals surface area contributed by atoms with Crippen molar-refractivity contribution in [3.63, 3.8) is 0 Å². The number of aromatic nitrogens is 2. The summed E-state index contributed by atoms with van der Waals surface area (Å²) in [5, 5.41) is 4.73. The van der Waals surface area contributed by atoms with Crippen LogP contribution in [0.3, 0.4) is 0 Å². The SMILES string of the molecule is CC.Cc1cnn(C(c2ccccc2)(c2ccccc2)c2ccccc2)c1. The Morgan fingerprint density at radius 3 is 1.30 bits per heavy atom. The zero-order valence-corrected chi connectivity index (χ0v) is 16.2. The Morgan fingerprint density at radius 2 is 1.00 bits per heavy atom. The van der Waals surface area contributed by atoms with E-state index in [0.29, 0.717) is 0 Å². The average Bonchev–Trinajstić information content (AvgIpc) is 3.19. The molecule has 0 atom stereocenters. The van der Waals surface area contributed by atoms with Crippen molar-refractivity contribution in [2.45, 2.75) is 26.3 Å². The summed E-state index contributed by atoms with van der Waals surface area (Å²) >= 11 is 0. The molecule has 4 rings (SSSR count). The highest BCUT2D eigenvalue weighted by Crippen LogP contribution is 2.40. The Bertz CT molecular complexity index is 845. The van der Waals surface area contributed by atoms with Gasteiger partial charge in [-0.05, 0) is 29.2 Å². The van der Waals surface area contributed by atoms with E-state index in [1.54, 1.807) is 0 Å². The first kappa shape index (κ1) is 18.7. The first-order chi connectivity index (χ1) is 13.3. The van der Waals surface area contributed by atoms with Crippen LogP contribution in [0.5, 0.6) is 0 Å². The van der Waals surface area contributed by atoms with Crippen LogP contribution in [-0.2, 0) is 5.54 Å². The van der Waals surface area contributed by atoms with Gasteiger partial charge in [-0.3, -0.25) is 4.68 Å². The van der Waals surface area contributed by atoms with Crippen LogP contribution >= 0.6 is 0 Å². The summed E-state index contributed by atoms with van der Waals surface area (Å²) in [6, 6.07) is 31.8. The first-order valence-electron chi connectivity index (χ1n) is 9.50. The van der Waals surface area contributed by atoms with Crippen molar-refractivity contribution in [1.29, 1.82) is 0 Å². The van der Waals surface area contributed by atoms with Crippen molar-refractivity contribution < 1.29 is 0 Å². The third-order valence-electron chi connectivity index (χ3n) is 4.63. The van der Waals surface area contributed by atoms with Gasteiger partial charge in [-0.15, -0.1) is 0 Å². The van der Waals surface area contributed by atoms with Crippen LogP contribution in [0.25, 0.3) is 0 Å². The molecule has 0 aliphatic rings. The largest absolute Gasteiger partial charge is 0.253 e. The Kier molecular flexibility index (Phi) is 5.87.